The molecule has 0 heterocycles. The van der Waals surface area contributed by atoms with Crippen LogP contribution in [0.3, 0.4) is 0 Å². The molecule has 106 valence electrons. The summed E-state index contributed by atoms with van der Waals surface area (Å²) in [6.45, 7) is 4.17. The van der Waals surface area contributed by atoms with Crippen molar-refractivity contribution < 1.29 is 0 Å². The van der Waals surface area contributed by atoms with E-state index in [-0.39, 0.29) is 6.04 Å². The van der Waals surface area contributed by atoms with Gasteiger partial charge >= 0.3 is 0 Å². The zero-order valence-electron chi connectivity index (χ0n) is 11.9. The van der Waals surface area contributed by atoms with Gasteiger partial charge in [0.05, 0.1) is 0 Å². The van der Waals surface area contributed by atoms with Crippen molar-refractivity contribution in [1.82, 2.24) is 0 Å². The zero-order valence-corrected chi connectivity index (χ0v) is 14.3. The monoisotopic (exact) mass is 349 g/mol. The third kappa shape index (κ3) is 4.65. The first-order valence-corrected chi connectivity index (χ1v) is 8.55. The molecule has 1 unspecified atom stereocenters. The third-order valence-electron chi connectivity index (χ3n) is 3.05. The minimum atomic E-state index is 0.192. The lowest BCUT2D eigenvalue weighted by molar-refractivity contribution is 0.735. The molecule has 20 heavy (non-hydrogen) atoms. The van der Waals surface area contributed by atoms with E-state index in [0.29, 0.717) is 0 Å². The van der Waals surface area contributed by atoms with Crippen molar-refractivity contribution in [3.63, 3.8) is 0 Å². The van der Waals surface area contributed by atoms with Gasteiger partial charge < -0.3 is 5.73 Å². The molecule has 0 saturated heterocycles. The smallest absolute Gasteiger partial charge is 0.0232 e. The van der Waals surface area contributed by atoms with Crippen molar-refractivity contribution >= 4 is 27.7 Å². The molecule has 0 aromatic heterocycles. The predicted octanol–water partition coefficient (Wildman–Crippen LogP) is 4.94. The van der Waals surface area contributed by atoms with E-state index in [1.165, 1.54) is 21.6 Å². The minimum Gasteiger partial charge on any atom is -0.328 e. The van der Waals surface area contributed by atoms with E-state index in [9.17, 15) is 0 Å². The number of hydrogen-bond acceptors (Lipinski definition) is 2. The van der Waals surface area contributed by atoms with Gasteiger partial charge in [0.1, 0.15) is 0 Å². The number of thioether (sulfide) groups is 1. The summed E-state index contributed by atoms with van der Waals surface area (Å²) in [7, 11) is 0. The van der Waals surface area contributed by atoms with Crippen LogP contribution in [0.5, 0.6) is 0 Å². The van der Waals surface area contributed by atoms with Crippen molar-refractivity contribution in [1.29, 1.82) is 0 Å². The molecule has 0 aliphatic rings. The molecule has 0 aliphatic carbocycles. The second-order valence-electron chi connectivity index (χ2n) is 5.21. The molecule has 2 aromatic carbocycles. The maximum absolute atomic E-state index is 5.85. The molecule has 0 bridgehead atoms. The van der Waals surface area contributed by atoms with E-state index in [1.54, 1.807) is 0 Å². The maximum Gasteiger partial charge on any atom is 0.0232 e. The first kappa shape index (κ1) is 15.6. The average Bonchev–Trinajstić information content (AvgIpc) is 2.39. The highest BCUT2D eigenvalue weighted by Gasteiger charge is 2.05. The number of hydrogen-bond donors (Lipinski definition) is 1. The number of rotatable bonds is 5. The van der Waals surface area contributed by atoms with E-state index in [2.05, 4.69) is 65.3 Å². The SMILES string of the molecule is Cc1cccc(CSc2ccc(CC(C)N)c(Br)c2)c1. The summed E-state index contributed by atoms with van der Waals surface area (Å²) in [5.74, 6) is 1.00. The second-order valence-corrected chi connectivity index (χ2v) is 7.12. The number of nitrogens with two attached hydrogens (primary N) is 1. The van der Waals surface area contributed by atoms with Gasteiger partial charge in [-0.3, -0.25) is 0 Å². The molecule has 0 amide bonds. The molecule has 2 rings (SSSR count). The Bertz CT molecular complexity index is 581. The highest BCUT2D eigenvalue weighted by atomic mass is 79.9. The summed E-state index contributed by atoms with van der Waals surface area (Å²) in [6, 6.07) is 15.4. The van der Waals surface area contributed by atoms with Gasteiger partial charge in [-0.1, -0.05) is 51.8 Å². The molecular weight excluding hydrogens is 330 g/mol. The Hall–Kier alpha value is -0.770. The van der Waals surface area contributed by atoms with Crippen LogP contribution < -0.4 is 5.73 Å². The number of aryl methyl sites for hydroxylation is 1. The largest absolute Gasteiger partial charge is 0.328 e. The molecule has 0 aliphatic heterocycles. The Morgan fingerprint density at radius 2 is 2.00 bits per heavy atom. The van der Waals surface area contributed by atoms with E-state index < -0.39 is 0 Å². The summed E-state index contributed by atoms with van der Waals surface area (Å²) in [5, 5.41) is 0. The lowest BCUT2D eigenvalue weighted by atomic mass is 10.1. The van der Waals surface area contributed by atoms with Crippen LogP contribution in [0.4, 0.5) is 0 Å². The molecule has 0 fully saturated rings. The van der Waals surface area contributed by atoms with Gasteiger partial charge in [-0.05, 0) is 43.5 Å². The highest BCUT2D eigenvalue weighted by molar-refractivity contribution is 9.10. The fraction of sp³-hybridized carbons (Fsp3) is 0.294. The highest BCUT2D eigenvalue weighted by Crippen LogP contribution is 2.28. The van der Waals surface area contributed by atoms with Gasteiger partial charge in [0.25, 0.3) is 0 Å². The molecule has 3 heteroatoms. The average molecular weight is 350 g/mol. The lowest BCUT2D eigenvalue weighted by Crippen LogP contribution is -2.17. The van der Waals surface area contributed by atoms with Crippen molar-refractivity contribution in [3.05, 3.63) is 63.6 Å². The molecule has 1 nitrogen and oxygen atoms in total. The molecular formula is C17H20BrNS. The van der Waals surface area contributed by atoms with Gasteiger partial charge in [0, 0.05) is 21.2 Å². The van der Waals surface area contributed by atoms with Crippen LogP contribution in [0.2, 0.25) is 0 Å². The van der Waals surface area contributed by atoms with E-state index in [4.69, 9.17) is 5.73 Å². The quantitative estimate of drug-likeness (QED) is 0.773. The van der Waals surface area contributed by atoms with Crippen molar-refractivity contribution in [2.45, 2.75) is 37.0 Å². The van der Waals surface area contributed by atoms with Gasteiger partial charge in [-0.15, -0.1) is 11.8 Å². The van der Waals surface area contributed by atoms with Gasteiger partial charge in [0.2, 0.25) is 0 Å². The summed E-state index contributed by atoms with van der Waals surface area (Å²) < 4.78 is 1.16. The first-order chi connectivity index (χ1) is 9.54. The van der Waals surface area contributed by atoms with E-state index in [0.717, 1.165) is 16.6 Å². The normalized spacial score (nSPS) is 12.4. The zero-order chi connectivity index (χ0) is 14.5. The van der Waals surface area contributed by atoms with Crippen LogP contribution >= 0.6 is 27.7 Å². The Labute approximate surface area is 134 Å². The van der Waals surface area contributed by atoms with Crippen LogP contribution in [0, 0.1) is 6.92 Å². The van der Waals surface area contributed by atoms with Gasteiger partial charge in [0.15, 0.2) is 0 Å². The molecule has 2 aromatic rings. The maximum atomic E-state index is 5.85. The number of benzene rings is 2. The van der Waals surface area contributed by atoms with Crippen molar-refractivity contribution in [2.24, 2.45) is 5.73 Å². The minimum absolute atomic E-state index is 0.192. The summed E-state index contributed by atoms with van der Waals surface area (Å²) in [4.78, 5) is 1.28. The number of halogens is 1. The van der Waals surface area contributed by atoms with E-state index >= 15 is 0 Å². The summed E-state index contributed by atoms with van der Waals surface area (Å²) in [5.41, 5.74) is 9.81. The molecule has 1 atom stereocenters. The topological polar surface area (TPSA) is 26.0 Å². The van der Waals surface area contributed by atoms with Crippen LogP contribution in [-0.4, -0.2) is 6.04 Å². The third-order valence-corrected chi connectivity index (χ3v) is 4.86. The van der Waals surface area contributed by atoms with Crippen LogP contribution in [0.1, 0.15) is 23.6 Å². The fourth-order valence-electron chi connectivity index (χ4n) is 2.10. The van der Waals surface area contributed by atoms with E-state index in [1.807, 2.05) is 18.7 Å². The summed E-state index contributed by atoms with van der Waals surface area (Å²) in [6.07, 6.45) is 0.906. The molecule has 0 spiro atoms. The molecule has 0 saturated carbocycles. The Kier molecular flexibility index (Phi) is 5.70. The Morgan fingerprint density at radius 3 is 2.65 bits per heavy atom. The van der Waals surface area contributed by atoms with Crippen molar-refractivity contribution in [3.8, 4) is 0 Å². The van der Waals surface area contributed by atoms with Crippen molar-refractivity contribution in [2.75, 3.05) is 0 Å². The molecule has 2 N–H and O–H groups in total. The van der Waals surface area contributed by atoms with Crippen LogP contribution in [-0.2, 0) is 12.2 Å². The van der Waals surface area contributed by atoms with Crippen LogP contribution in [0.15, 0.2) is 51.8 Å². The second kappa shape index (κ2) is 7.30. The van der Waals surface area contributed by atoms with Gasteiger partial charge in [-0.25, -0.2) is 0 Å². The Balaban J connectivity index is 2.02. The fourth-order valence-corrected chi connectivity index (χ4v) is 3.67. The first-order valence-electron chi connectivity index (χ1n) is 6.77. The Morgan fingerprint density at radius 1 is 1.20 bits per heavy atom. The predicted molar refractivity (Wildman–Crippen MR) is 92.2 cm³/mol. The standard InChI is InChI=1S/C17H20BrNS/c1-12-4-3-5-14(8-12)11-20-16-7-6-15(9-13(2)19)17(18)10-16/h3-8,10,13H,9,11,19H2,1-2H3. The molecule has 0 radical (unpaired) electrons. The summed E-state index contributed by atoms with van der Waals surface area (Å²) >= 11 is 5.51. The van der Waals surface area contributed by atoms with Crippen LogP contribution in [0.25, 0.3) is 0 Å². The van der Waals surface area contributed by atoms with Gasteiger partial charge in [-0.2, -0.15) is 0 Å². The lowest BCUT2D eigenvalue weighted by Gasteiger charge is -2.10.